The van der Waals surface area contributed by atoms with Gasteiger partial charge in [0.1, 0.15) is 5.75 Å². The number of nitrogens with one attached hydrogen (secondary N) is 2. The van der Waals surface area contributed by atoms with Gasteiger partial charge in [0.15, 0.2) is 5.96 Å². The number of ether oxygens (including phenoxy) is 1. The van der Waals surface area contributed by atoms with Crippen LogP contribution in [0.3, 0.4) is 0 Å². The molecule has 150 valence electrons. The van der Waals surface area contributed by atoms with Crippen molar-refractivity contribution in [3.05, 3.63) is 59.1 Å². The fourth-order valence-corrected chi connectivity index (χ4v) is 3.61. The Morgan fingerprint density at radius 3 is 2.86 bits per heavy atom. The van der Waals surface area contributed by atoms with Crippen molar-refractivity contribution in [3.8, 4) is 5.75 Å². The molecule has 2 N–H and O–H groups in total. The molecule has 0 saturated carbocycles. The molecule has 1 saturated heterocycles. The van der Waals surface area contributed by atoms with Crippen molar-refractivity contribution in [1.82, 2.24) is 10.6 Å². The van der Waals surface area contributed by atoms with E-state index in [4.69, 9.17) is 16.3 Å². The van der Waals surface area contributed by atoms with E-state index in [2.05, 4.69) is 39.6 Å². The lowest BCUT2D eigenvalue weighted by Gasteiger charge is -2.20. The molecule has 1 atom stereocenters. The van der Waals surface area contributed by atoms with Gasteiger partial charge in [-0.3, -0.25) is 0 Å². The molecule has 0 aromatic heterocycles. The fraction of sp³-hybridized carbons (Fsp3) is 0.409. The summed E-state index contributed by atoms with van der Waals surface area (Å²) in [6.45, 7) is 6.46. The van der Waals surface area contributed by atoms with Crippen LogP contribution < -0.4 is 20.3 Å². The molecule has 3 rings (SSSR count). The number of benzene rings is 2. The van der Waals surface area contributed by atoms with Gasteiger partial charge in [0.25, 0.3) is 0 Å². The van der Waals surface area contributed by atoms with Gasteiger partial charge in [-0.1, -0.05) is 35.9 Å². The van der Waals surface area contributed by atoms with Crippen molar-refractivity contribution < 1.29 is 4.74 Å². The minimum Gasteiger partial charge on any atom is -0.497 e. The second-order valence-electron chi connectivity index (χ2n) is 6.97. The second-order valence-corrected chi connectivity index (χ2v) is 7.38. The molecule has 1 fully saturated rings. The average Bonchev–Trinajstić information content (AvgIpc) is 3.20. The monoisotopic (exact) mass is 400 g/mol. The maximum absolute atomic E-state index is 6.24. The van der Waals surface area contributed by atoms with Crippen LogP contribution in [-0.2, 0) is 6.54 Å². The van der Waals surface area contributed by atoms with E-state index >= 15 is 0 Å². The van der Waals surface area contributed by atoms with Crippen LogP contribution in [0.25, 0.3) is 0 Å². The molecule has 1 unspecified atom stereocenters. The Hall–Kier alpha value is -2.40. The number of guanidine groups is 1. The van der Waals surface area contributed by atoms with Crippen LogP contribution in [0.5, 0.6) is 5.75 Å². The topological polar surface area (TPSA) is 48.9 Å². The summed E-state index contributed by atoms with van der Waals surface area (Å²) in [7, 11) is 1.71. The lowest BCUT2D eigenvalue weighted by molar-refractivity contribution is 0.415. The van der Waals surface area contributed by atoms with Crippen LogP contribution in [0.15, 0.2) is 53.5 Å². The van der Waals surface area contributed by atoms with Crippen LogP contribution in [0, 0.1) is 5.92 Å². The first kappa shape index (κ1) is 20.3. The molecule has 0 radical (unpaired) electrons. The molecular formula is C22H29ClN4O. The molecule has 0 spiro atoms. The van der Waals surface area contributed by atoms with E-state index in [9.17, 15) is 0 Å². The summed E-state index contributed by atoms with van der Waals surface area (Å²) in [5.74, 6) is 2.32. The predicted octanol–water partition coefficient (Wildman–Crippen LogP) is 3.93. The number of halogens is 1. The highest BCUT2D eigenvalue weighted by atomic mass is 35.5. The minimum absolute atomic E-state index is 0.565. The molecule has 2 aromatic carbocycles. The highest BCUT2D eigenvalue weighted by Gasteiger charge is 2.23. The van der Waals surface area contributed by atoms with Gasteiger partial charge in [-0.25, -0.2) is 4.99 Å². The summed E-state index contributed by atoms with van der Waals surface area (Å²) < 4.78 is 5.35. The molecule has 28 heavy (non-hydrogen) atoms. The van der Waals surface area contributed by atoms with Crippen molar-refractivity contribution in [2.45, 2.75) is 19.9 Å². The average molecular weight is 401 g/mol. The van der Waals surface area contributed by atoms with Crippen LogP contribution >= 0.6 is 11.6 Å². The second kappa shape index (κ2) is 10.2. The number of hydrogen-bond acceptors (Lipinski definition) is 3. The van der Waals surface area contributed by atoms with E-state index in [1.165, 1.54) is 5.69 Å². The van der Waals surface area contributed by atoms with Crippen LogP contribution in [-0.4, -0.2) is 39.2 Å². The van der Waals surface area contributed by atoms with E-state index in [1.807, 2.05) is 36.4 Å². The molecule has 0 amide bonds. The van der Waals surface area contributed by atoms with Crippen molar-refractivity contribution in [2.75, 3.05) is 38.2 Å². The molecule has 5 nitrogen and oxygen atoms in total. The molecule has 1 aliphatic rings. The summed E-state index contributed by atoms with van der Waals surface area (Å²) in [6, 6.07) is 16.1. The first-order valence-electron chi connectivity index (χ1n) is 9.84. The number of nitrogens with zero attached hydrogens (tertiary/aromatic N) is 2. The summed E-state index contributed by atoms with van der Waals surface area (Å²) in [6.07, 6.45) is 1.16. The van der Waals surface area contributed by atoms with Crippen LogP contribution in [0.1, 0.15) is 18.9 Å². The van der Waals surface area contributed by atoms with Gasteiger partial charge in [0.2, 0.25) is 0 Å². The quantitative estimate of drug-likeness (QED) is 0.546. The third kappa shape index (κ3) is 5.55. The zero-order valence-corrected chi connectivity index (χ0v) is 17.4. The number of rotatable bonds is 7. The lowest BCUT2D eigenvalue weighted by atomic mass is 10.1. The van der Waals surface area contributed by atoms with E-state index in [-0.39, 0.29) is 0 Å². The number of hydrogen-bond donors (Lipinski definition) is 2. The van der Waals surface area contributed by atoms with Gasteiger partial charge in [-0.2, -0.15) is 0 Å². The summed E-state index contributed by atoms with van der Waals surface area (Å²) >= 11 is 6.24. The van der Waals surface area contributed by atoms with E-state index < -0.39 is 0 Å². The predicted molar refractivity (Wildman–Crippen MR) is 118 cm³/mol. The molecule has 0 bridgehead atoms. The zero-order valence-electron chi connectivity index (χ0n) is 16.6. The van der Waals surface area contributed by atoms with Gasteiger partial charge in [-0.15, -0.1) is 0 Å². The molecule has 2 aromatic rings. The van der Waals surface area contributed by atoms with Gasteiger partial charge in [0.05, 0.1) is 13.7 Å². The van der Waals surface area contributed by atoms with E-state index in [1.54, 1.807) is 7.11 Å². The Kier molecular flexibility index (Phi) is 7.43. The van der Waals surface area contributed by atoms with Gasteiger partial charge in [0, 0.05) is 43.0 Å². The first-order valence-corrected chi connectivity index (χ1v) is 10.2. The van der Waals surface area contributed by atoms with Crippen molar-refractivity contribution in [2.24, 2.45) is 10.9 Å². The van der Waals surface area contributed by atoms with E-state index in [0.717, 1.165) is 54.9 Å². The molecule has 1 heterocycles. The Labute approximate surface area is 172 Å². The lowest BCUT2D eigenvalue weighted by Crippen LogP contribution is -2.40. The highest BCUT2D eigenvalue weighted by Crippen LogP contribution is 2.26. The van der Waals surface area contributed by atoms with Crippen molar-refractivity contribution in [3.63, 3.8) is 0 Å². The fourth-order valence-electron chi connectivity index (χ4n) is 3.41. The number of methoxy groups -OCH3 is 1. The van der Waals surface area contributed by atoms with Gasteiger partial charge < -0.3 is 20.3 Å². The number of anilines is 1. The van der Waals surface area contributed by atoms with Gasteiger partial charge in [-0.05, 0) is 43.0 Å². The largest absolute Gasteiger partial charge is 0.497 e. The Morgan fingerprint density at radius 2 is 2.07 bits per heavy atom. The van der Waals surface area contributed by atoms with Gasteiger partial charge >= 0.3 is 0 Å². The molecular weight excluding hydrogens is 372 g/mol. The molecule has 6 heteroatoms. The van der Waals surface area contributed by atoms with Crippen molar-refractivity contribution >= 4 is 23.2 Å². The third-order valence-corrected chi connectivity index (χ3v) is 5.34. The SMILES string of the molecule is CCNC(=NCc1ccccc1Cl)NCC1CCN(c2cccc(OC)c2)C1. The minimum atomic E-state index is 0.565. The normalized spacial score (nSPS) is 16.9. The van der Waals surface area contributed by atoms with Crippen molar-refractivity contribution in [1.29, 1.82) is 0 Å². The molecule has 1 aliphatic heterocycles. The standard InChI is InChI=1S/C22H29ClN4O/c1-3-24-22(26-15-18-7-4-5-10-21(18)23)25-14-17-11-12-27(16-17)19-8-6-9-20(13-19)28-2/h4-10,13,17H,3,11-12,14-16H2,1-2H3,(H2,24,25,26). The van der Waals surface area contributed by atoms with Crippen LogP contribution in [0.4, 0.5) is 5.69 Å². The van der Waals surface area contributed by atoms with Crippen LogP contribution in [0.2, 0.25) is 5.02 Å². The Balaban J connectivity index is 1.54. The summed E-state index contributed by atoms with van der Waals surface area (Å²) in [5, 5.41) is 7.57. The Morgan fingerprint density at radius 1 is 1.21 bits per heavy atom. The Bertz CT molecular complexity index is 796. The first-order chi connectivity index (χ1) is 13.7. The summed E-state index contributed by atoms with van der Waals surface area (Å²) in [4.78, 5) is 7.10. The van der Waals surface area contributed by atoms with E-state index in [0.29, 0.717) is 12.5 Å². The maximum Gasteiger partial charge on any atom is 0.191 e. The maximum atomic E-state index is 6.24. The number of aliphatic imine (C=N–C) groups is 1. The zero-order chi connectivity index (χ0) is 19.8. The highest BCUT2D eigenvalue weighted by molar-refractivity contribution is 6.31. The third-order valence-electron chi connectivity index (χ3n) is 4.97. The summed E-state index contributed by atoms with van der Waals surface area (Å²) in [5.41, 5.74) is 2.26. The smallest absolute Gasteiger partial charge is 0.191 e. The molecule has 0 aliphatic carbocycles.